The second kappa shape index (κ2) is 9.65. The molecule has 4 aromatic rings. The summed E-state index contributed by atoms with van der Waals surface area (Å²) < 4.78 is 42.2. The molecule has 0 saturated heterocycles. The third-order valence-electron chi connectivity index (χ3n) is 5.45. The molecule has 5 rings (SSSR count). The summed E-state index contributed by atoms with van der Waals surface area (Å²) >= 11 is 0. The first-order valence-corrected chi connectivity index (χ1v) is 11.1. The van der Waals surface area contributed by atoms with Gasteiger partial charge in [0.05, 0.1) is 12.1 Å². The summed E-state index contributed by atoms with van der Waals surface area (Å²) in [5.41, 5.74) is 4.43. The summed E-state index contributed by atoms with van der Waals surface area (Å²) in [4.78, 5) is 25.4. The summed E-state index contributed by atoms with van der Waals surface area (Å²) in [6.45, 7) is -1.28. The zero-order valence-corrected chi connectivity index (χ0v) is 18.8. The normalized spacial score (nSPS) is 12.4. The summed E-state index contributed by atoms with van der Waals surface area (Å²) in [5, 5.41) is 5.99. The lowest BCUT2D eigenvalue weighted by Gasteiger charge is -2.13. The molecule has 0 radical (unpaired) electrons. The highest BCUT2D eigenvalue weighted by Crippen LogP contribution is 2.30. The molecule has 1 aliphatic rings. The van der Waals surface area contributed by atoms with Crippen LogP contribution in [0.15, 0.2) is 71.7 Å². The van der Waals surface area contributed by atoms with Crippen molar-refractivity contribution >= 4 is 34.5 Å². The molecular formula is C26H20F3N5O2. The molecule has 2 N–H and O–H groups in total. The number of nitrogens with one attached hydrogen (secondary N) is 2. The summed E-state index contributed by atoms with van der Waals surface area (Å²) in [5.74, 6) is 0.471. The van der Waals surface area contributed by atoms with Crippen LogP contribution < -0.4 is 15.4 Å². The van der Waals surface area contributed by atoms with E-state index in [2.05, 4.69) is 15.3 Å². The van der Waals surface area contributed by atoms with Crippen molar-refractivity contribution in [1.82, 2.24) is 15.3 Å². The highest BCUT2D eigenvalue weighted by atomic mass is 19.4. The zero-order valence-electron chi connectivity index (χ0n) is 18.8. The van der Waals surface area contributed by atoms with Gasteiger partial charge in [-0.1, -0.05) is 30.3 Å². The maximum Gasteiger partial charge on any atom is 0.405 e. The van der Waals surface area contributed by atoms with Crippen molar-refractivity contribution in [3.05, 3.63) is 77.9 Å². The van der Waals surface area contributed by atoms with Crippen LogP contribution in [0.3, 0.4) is 0 Å². The summed E-state index contributed by atoms with van der Waals surface area (Å²) in [6, 6.07) is 20.3. The van der Waals surface area contributed by atoms with E-state index in [-0.39, 0.29) is 0 Å². The maximum absolute atomic E-state index is 12.3. The van der Waals surface area contributed by atoms with E-state index >= 15 is 0 Å². The molecule has 1 amide bonds. The number of para-hydroxylation sites is 1. The molecule has 1 aromatic heterocycles. The van der Waals surface area contributed by atoms with Crippen molar-refractivity contribution < 1.29 is 22.7 Å². The minimum absolute atomic E-state index is 0.304. The number of halogens is 3. The van der Waals surface area contributed by atoms with E-state index in [0.29, 0.717) is 29.5 Å². The molecule has 36 heavy (non-hydrogen) atoms. The number of alkyl halides is 3. The third kappa shape index (κ3) is 5.43. The smallest absolute Gasteiger partial charge is 0.405 e. The molecule has 2 heterocycles. The van der Waals surface area contributed by atoms with E-state index in [4.69, 9.17) is 9.72 Å². The topological polar surface area (TPSA) is 88.5 Å². The number of fused-ring (bicyclic) bond motifs is 2. The van der Waals surface area contributed by atoms with Crippen molar-refractivity contribution in [2.24, 2.45) is 4.99 Å². The van der Waals surface area contributed by atoms with Gasteiger partial charge in [-0.3, -0.25) is 9.79 Å². The molecule has 0 atom stereocenters. The summed E-state index contributed by atoms with van der Waals surface area (Å²) in [7, 11) is 0. The molecule has 182 valence electrons. The average Bonchev–Trinajstić information content (AvgIpc) is 3.34. The lowest BCUT2D eigenvalue weighted by molar-refractivity contribution is -0.139. The number of anilines is 2. The number of hydrogen-bond donors (Lipinski definition) is 2. The van der Waals surface area contributed by atoms with Gasteiger partial charge in [0, 0.05) is 22.9 Å². The van der Waals surface area contributed by atoms with Crippen LogP contribution in [0.4, 0.5) is 24.7 Å². The van der Waals surface area contributed by atoms with Crippen molar-refractivity contribution in [3.8, 4) is 17.1 Å². The Morgan fingerprint density at radius 2 is 1.86 bits per heavy atom. The number of amides is 1. The van der Waals surface area contributed by atoms with E-state index in [9.17, 15) is 18.0 Å². The number of benzene rings is 3. The van der Waals surface area contributed by atoms with Crippen molar-refractivity contribution in [2.45, 2.75) is 12.7 Å². The Morgan fingerprint density at radius 1 is 1.00 bits per heavy atom. The van der Waals surface area contributed by atoms with Gasteiger partial charge >= 0.3 is 6.18 Å². The Morgan fingerprint density at radius 3 is 2.72 bits per heavy atom. The quantitative estimate of drug-likeness (QED) is 0.379. The van der Waals surface area contributed by atoms with Crippen LogP contribution in [0.1, 0.15) is 11.1 Å². The van der Waals surface area contributed by atoms with E-state index in [1.165, 1.54) is 0 Å². The predicted octanol–water partition coefficient (Wildman–Crippen LogP) is 5.03. The number of carbonyl (C=O) groups excluding carboxylic acids is 1. The van der Waals surface area contributed by atoms with Gasteiger partial charge < -0.3 is 15.4 Å². The Hall–Kier alpha value is -4.47. The van der Waals surface area contributed by atoms with Gasteiger partial charge in [0.2, 0.25) is 0 Å². The monoisotopic (exact) mass is 491 g/mol. The van der Waals surface area contributed by atoms with Crippen LogP contribution in [0.5, 0.6) is 5.75 Å². The molecule has 0 bridgehead atoms. The van der Waals surface area contributed by atoms with Gasteiger partial charge in [-0.25, -0.2) is 9.97 Å². The average molecular weight is 491 g/mol. The lowest BCUT2D eigenvalue weighted by atomic mass is 10.1. The van der Waals surface area contributed by atoms with Crippen LogP contribution in [0, 0.1) is 0 Å². The van der Waals surface area contributed by atoms with E-state index in [0.717, 1.165) is 27.7 Å². The Balaban J connectivity index is 1.39. The van der Waals surface area contributed by atoms with Gasteiger partial charge in [0.1, 0.15) is 18.1 Å². The van der Waals surface area contributed by atoms with E-state index in [1.807, 2.05) is 48.7 Å². The first-order chi connectivity index (χ1) is 17.3. The second-order valence-electron chi connectivity index (χ2n) is 8.13. The fourth-order valence-electron chi connectivity index (χ4n) is 3.74. The Kier molecular flexibility index (Phi) is 6.24. The SMILES string of the molecule is O=C(COc1cccc(-c2nc(Nc3ccc4c(c3)C=NC4)c3ccccc3n2)c1)NCC(F)(F)F. The number of aliphatic imine (C=N–C) groups is 1. The van der Waals surface area contributed by atoms with E-state index in [1.54, 1.807) is 29.6 Å². The molecule has 3 aromatic carbocycles. The molecule has 10 heteroatoms. The van der Waals surface area contributed by atoms with Gasteiger partial charge in [0.25, 0.3) is 5.91 Å². The summed E-state index contributed by atoms with van der Waals surface area (Å²) in [6.07, 6.45) is -2.64. The van der Waals surface area contributed by atoms with Gasteiger partial charge in [-0.2, -0.15) is 13.2 Å². The van der Waals surface area contributed by atoms with Crippen molar-refractivity contribution in [1.29, 1.82) is 0 Å². The number of carbonyl (C=O) groups is 1. The van der Waals surface area contributed by atoms with Crippen LogP contribution in [-0.2, 0) is 11.3 Å². The fourth-order valence-corrected chi connectivity index (χ4v) is 3.74. The Bertz CT molecular complexity index is 1470. The zero-order chi connectivity index (χ0) is 25.1. The molecule has 0 fully saturated rings. The molecule has 0 spiro atoms. The van der Waals surface area contributed by atoms with Crippen LogP contribution in [0.25, 0.3) is 22.3 Å². The van der Waals surface area contributed by atoms with Crippen LogP contribution >= 0.6 is 0 Å². The standard InChI is InChI=1S/C26H20F3N5O2/c27-26(28,29)15-31-23(35)14-36-20-5-3-4-16(11-20)24-33-22-7-2-1-6-21(22)25(34-24)32-19-9-8-17-12-30-13-18(17)10-19/h1-11,13H,12,14-15H2,(H,31,35)(H,32,33,34). The highest BCUT2D eigenvalue weighted by Gasteiger charge is 2.27. The minimum atomic E-state index is -4.48. The minimum Gasteiger partial charge on any atom is -0.484 e. The molecule has 0 saturated carbocycles. The largest absolute Gasteiger partial charge is 0.484 e. The second-order valence-corrected chi connectivity index (χ2v) is 8.13. The molecule has 1 aliphatic heterocycles. The lowest BCUT2D eigenvalue weighted by Crippen LogP contribution is -2.36. The van der Waals surface area contributed by atoms with Crippen molar-refractivity contribution in [2.75, 3.05) is 18.5 Å². The molecule has 7 nitrogen and oxygen atoms in total. The number of aromatic nitrogens is 2. The fraction of sp³-hybridized carbons (Fsp3) is 0.154. The third-order valence-corrected chi connectivity index (χ3v) is 5.45. The molecule has 0 unspecified atom stereocenters. The molecular weight excluding hydrogens is 471 g/mol. The van der Waals surface area contributed by atoms with E-state index < -0.39 is 25.2 Å². The number of nitrogens with zero attached hydrogens (tertiary/aromatic N) is 3. The number of rotatable bonds is 7. The number of ether oxygens (including phenoxy) is 1. The first-order valence-electron chi connectivity index (χ1n) is 11.1. The highest BCUT2D eigenvalue weighted by molar-refractivity contribution is 5.93. The maximum atomic E-state index is 12.3. The van der Waals surface area contributed by atoms with Crippen LogP contribution in [0.2, 0.25) is 0 Å². The molecule has 0 aliphatic carbocycles. The van der Waals surface area contributed by atoms with Gasteiger partial charge in [-0.05, 0) is 47.5 Å². The van der Waals surface area contributed by atoms with Gasteiger partial charge in [-0.15, -0.1) is 0 Å². The Labute approximate surface area is 204 Å². The number of hydrogen-bond acceptors (Lipinski definition) is 6. The first kappa shape index (κ1) is 23.3. The van der Waals surface area contributed by atoms with Crippen LogP contribution in [-0.4, -0.2) is 41.4 Å². The predicted molar refractivity (Wildman–Crippen MR) is 131 cm³/mol. The van der Waals surface area contributed by atoms with Gasteiger partial charge in [0.15, 0.2) is 12.4 Å². The van der Waals surface area contributed by atoms with Crippen molar-refractivity contribution in [3.63, 3.8) is 0 Å².